The van der Waals surface area contributed by atoms with Crippen LogP contribution in [0.5, 0.6) is 5.75 Å². The van der Waals surface area contributed by atoms with Gasteiger partial charge in [-0.3, -0.25) is 4.79 Å². The molecular weight excluding hydrogens is 422 g/mol. The van der Waals surface area contributed by atoms with Gasteiger partial charge in [-0.15, -0.1) is 11.3 Å². The second-order valence-electron chi connectivity index (χ2n) is 8.20. The molecule has 0 aliphatic heterocycles. The number of carbonyl (C=O) groups excluding carboxylic acids is 2. The summed E-state index contributed by atoms with van der Waals surface area (Å²) in [6, 6.07) is 17.4. The zero-order valence-corrected chi connectivity index (χ0v) is 19.3. The summed E-state index contributed by atoms with van der Waals surface area (Å²) in [5, 5.41) is 3.51. The molecule has 1 aliphatic rings. The summed E-state index contributed by atoms with van der Waals surface area (Å²) >= 11 is 1.48. The van der Waals surface area contributed by atoms with Gasteiger partial charge in [-0.05, 0) is 74.4 Å². The van der Waals surface area contributed by atoms with Gasteiger partial charge >= 0.3 is 5.97 Å². The standard InChI is InChI=1S/C26H27NO4S/c1-16(2)31-20-12-9-18(10-13-20)24(28)27-25-23(26(29)30-3)21-14-11-19(15-22(21)32-25)17-7-5-4-6-8-17/h4-10,12-13,16,19H,11,14-15H2,1-3H3,(H,27,28)/t19-/m1/s1. The minimum Gasteiger partial charge on any atom is -0.491 e. The van der Waals surface area contributed by atoms with Crippen molar-refractivity contribution in [2.75, 3.05) is 12.4 Å². The van der Waals surface area contributed by atoms with Crippen molar-refractivity contribution >= 4 is 28.2 Å². The van der Waals surface area contributed by atoms with Crippen LogP contribution in [-0.2, 0) is 17.6 Å². The molecule has 1 aliphatic carbocycles. The Morgan fingerprint density at radius 1 is 1.06 bits per heavy atom. The van der Waals surface area contributed by atoms with Crippen molar-refractivity contribution < 1.29 is 19.1 Å². The summed E-state index contributed by atoms with van der Waals surface area (Å²) in [4.78, 5) is 26.7. The molecule has 6 heteroatoms. The molecule has 4 rings (SSSR count). The van der Waals surface area contributed by atoms with Crippen LogP contribution >= 0.6 is 11.3 Å². The average molecular weight is 450 g/mol. The molecule has 1 N–H and O–H groups in total. The van der Waals surface area contributed by atoms with Gasteiger partial charge in [-0.25, -0.2) is 4.79 Å². The minimum absolute atomic E-state index is 0.0643. The van der Waals surface area contributed by atoms with E-state index in [2.05, 4.69) is 29.6 Å². The summed E-state index contributed by atoms with van der Waals surface area (Å²) in [6.45, 7) is 3.91. The molecule has 0 saturated carbocycles. The SMILES string of the molecule is COC(=O)c1c(NC(=O)c2ccc(OC(C)C)cc2)sc2c1CC[C@@H](c1ccccc1)C2. The number of hydrogen-bond acceptors (Lipinski definition) is 5. The molecule has 0 saturated heterocycles. The van der Waals surface area contributed by atoms with Crippen LogP contribution in [0.3, 0.4) is 0 Å². The van der Waals surface area contributed by atoms with Crippen molar-refractivity contribution in [3.63, 3.8) is 0 Å². The van der Waals surface area contributed by atoms with E-state index in [1.165, 1.54) is 24.0 Å². The highest BCUT2D eigenvalue weighted by Crippen LogP contribution is 2.42. The molecule has 0 bridgehead atoms. The average Bonchev–Trinajstić information content (AvgIpc) is 3.16. The Morgan fingerprint density at radius 2 is 1.78 bits per heavy atom. The minimum atomic E-state index is -0.406. The number of nitrogens with one attached hydrogen (secondary N) is 1. The zero-order valence-electron chi connectivity index (χ0n) is 18.5. The number of thiophene rings is 1. The van der Waals surface area contributed by atoms with Crippen molar-refractivity contribution in [2.45, 2.75) is 45.1 Å². The Morgan fingerprint density at radius 3 is 2.44 bits per heavy atom. The van der Waals surface area contributed by atoms with Crippen LogP contribution in [0.2, 0.25) is 0 Å². The van der Waals surface area contributed by atoms with Crippen LogP contribution in [0, 0.1) is 0 Å². The molecule has 5 nitrogen and oxygen atoms in total. The molecule has 166 valence electrons. The highest BCUT2D eigenvalue weighted by molar-refractivity contribution is 7.17. The van der Waals surface area contributed by atoms with Gasteiger partial charge in [-0.1, -0.05) is 30.3 Å². The van der Waals surface area contributed by atoms with E-state index in [1.54, 1.807) is 24.3 Å². The van der Waals surface area contributed by atoms with E-state index in [9.17, 15) is 9.59 Å². The van der Waals surface area contributed by atoms with E-state index in [0.29, 0.717) is 27.8 Å². The molecule has 0 radical (unpaired) electrons. The van der Waals surface area contributed by atoms with Crippen molar-refractivity contribution in [3.05, 3.63) is 81.7 Å². The molecule has 1 atom stereocenters. The fraction of sp³-hybridized carbons (Fsp3) is 0.308. The number of fused-ring (bicyclic) bond motifs is 1. The van der Waals surface area contributed by atoms with Gasteiger partial charge in [0.25, 0.3) is 5.91 Å². The quantitative estimate of drug-likeness (QED) is 0.480. The lowest BCUT2D eigenvalue weighted by atomic mass is 9.83. The number of rotatable bonds is 6. The fourth-order valence-corrected chi connectivity index (χ4v) is 5.44. The third-order valence-corrected chi connectivity index (χ3v) is 6.81. The van der Waals surface area contributed by atoms with E-state index in [4.69, 9.17) is 9.47 Å². The second-order valence-corrected chi connectivity index (χ2v) is 9.30. The van der Waals surface area contributed by atoms with Crippen LogP contribution in [0.15, 0.2) is 54.6 Å². The number of hydrogen-bond donors (Lipinski definition) is 1. The number of methoxy groups -OCH3 is 1. The van der Waals surface area contributed by atoms with Crippen LogP contribution in [-0.4, -0.2) is 25.1 Å². The molecule has 1 heterocycles. The lowest BCUT2D eigenvalue weighted by Crippen LogP contribution is -2.16. The van der Waals surface area contributed by atoms with E-state index >= 15 is 0 Å². The Balaban J connectivity index is 1.58. The number of carbonyl (C=O) groups is 2. The largest absolute Gasteiger partial charge is 0.491 e. The van der Waals surface area contributed by atoms with Gasteiger partial charge in [0.05, 0.1) is 18.8 Å². The zero-order chi connectivity index (χ0) is 22.7. The summed E-state index contributed by atoms with van der Waals surface area (Å²) in [7, 11) is 1.38. The highest BCUT2D eigenvalue weighted by Gasteiger charge is 2.30. The molecule has 1 amide bonds. The molecular formula is C26H27NO4S. The first kappa shape index (κ1) is 22.1. The predicted octanol–water partition coefficient (Wildman–Crippen LogP) is 5.85. The van der Waals surface area contributed by atoms with Crippen molar-refractivity contribution in [1.29, 1.82) is 0 Å². The van der Waals surface area contributed by atoms with Gasteiger partial charge in [0.1, 0.15) is 10.8 Å². The van der Waals surface area contributed by atoms with Crippen molar-refractivity contribution in [1.82, 2.24) is 0 Å². The summed E-state index contributed by atoms with van der Waals surface area (Å²) in [6.07, 6.45) is 2.66. The van der Waals surface area contributed by atoms with Gasteiger partial charge in [0.15, 0.2) is 0 Å². The normalized spacial score (nSPS) is 15.2. The first-order valence-electron chi connectivity index (χ1n) is 10.8. The van der Waals surface area contributed by atoms with Crippen LogP contribution < -0.4 is 10.1 Å². The third kappa shape index (κ3) is 4.70. The maximum Gasteiger partial charge on any atom is 0.341 e. The number of benzene rings is 2. The molecule has 32 heavy (non-hydrogen) atoms. The van der Waals surface area contributed by atoms with Gasteiger partial charge in [-0.2, -0.15) is 0 Å². The molecule has 0 spiro atoms. The van der Waals surface area contributed by atoms with Gasteiger partial charge < -0.3 is 14.8 Å². The maximum atomic E-state index is 12.9. The molecule has 0 unspecified atom stereocenters. The van der Waals surface area contributed by atoms with E-state index in [1.807, 2.05) is 19.9 Å². The maximum absolute atomic E-state index is 12.9. The first-order chi connectivity index (χ1) is 15.5. The number of anilines is 1. The van der Waals surface area contributed by atoms with Crippen molar-refractivity contribution in [3.8, 4) is 5.75 Å². The van der Waals surface area contributed by atoms with E-state index in [0.717, 1.165) is 29.7 Å². The number of amides is 1. The molecule has 1 aromatic heterocycles. The number of ether oxygens (including phenoxy) is 2. The number of esters is 1. The lowest BCUT2D eigenvalue weighted by molar-refractivity contribution is 0.0601. The second kappa shape index (κ2) is 9.57. The van der Waals surface area contributed by atoms with Crippen molar-refractivity contribution in [2.24, 2.45) is 0 Å². The molecule has 2 aromatic carbocycles. The van der Waals surface area contributed by atoms with Crippen LogP contribution in [0.1, 0.15) is 62.9 Å². The lowest BCUT2D eigenvalue weighted by Gasteiger charge is -2.22. The Labute approximate surface area is 192 Å². The highest BCUT2D eigenvalue weighted by atomic mass is 32.1. The predicted molar refractivity (Wildman–Crippen MR) is 127 cm³/mol. The van der Waals surface area contributed by atoms with E-state index in [-0.39, 0.29) is 12.0 Å². The smallest absolute Gasteiger partial charge is 0.341 e. The topological polar surface area (TPSA) is 64.6 Å². The summed E-state index contributed by atoms with van der Waals surface area (Å²) in [5.41, 5.74) is 3.31. The summed E-state index contributed by atoms with van der Waals surface area (Å²) in [5.74, 6) is 0.455. The molecule has 0 fully saturated rings. The van der Waals surface area contributed by atoms with Gasteiger partial charge in [0.2, 0.25) is 0 Å². The first-order valence-corrected chi connectivity index (χ1v) is 11.6. The third-order valence-electron chi connectivity index (χ3n) is 5.64. The van der Waals surface area contributed by atoms with E-state index < -0.39 is 5.97 Å². The monoisotopic (exact) mass is 449 g/mol. The summed E-state index contributed by atoms with van der Waals surface area (Å²) < 4.78 is 10.7. The Bertz CT molecular complexity index is 1100. The molecule has 3 aromatic rings. The Hall–Kier alpha value is -3.12. The van der Waals surface area contributed by atoms with Gasteiger partial charge in [0, 0.05) is 10.4 Å². The van der Waals surface area contributed by atoms with Crippen LogP contribution in [0.25, 0.3) is 0 Å². The van der Waals surface area contributed by atoms with Crippen LogP contribution in [0.4, 0.5) is 5.00 Å². The Kier molecular flexibility index (Phi) is 6.61. The fourth-order valence-electron chi connectivity index (χ4n) is 4.13.